The van der Waals surface area contributed by atoms with E-state index in [1.54, 1.807) is 12.1 Å². The predicted molar refractivity (Wildman–Crippen MR) is 68.1 cm³/mol. The summed E-state index contributed by atoms with van der Waals surface area (Å²) in [6, 6.07) is 4.54. The summed E-state index contributed by atoms with van der Waals surface area (Å²) in [6.07, 6.45) is 1.43. The molecule has 18 heavy (non-hydrogen) atoms. The van der Waals surface area contributed by atoms with Gasteiger partial charge in [-0.1, -0.05) is 0 Å². The Morgan fingerprint density at radius 1 is 1.28 bits per heavy atom. The summed E-state index contributed by atoms with van der Waals surface area (Å²) in [5, 5.41) is 16.4. The van der Waals surface area contributed by atoms with Crippen LogP contribution in [0.25, 0.3) is 22.2 Å². The summed E-state index contributed by atoms with van der Waals surface area (Å²) in [5.74, 6) is 0. The third kappa shape index (κ3) is 1.44. The molecule has 2 N–H and O–H groups in total. The Labute approximate surface area is 108 Å². The molecule has 1 aliphatic heterocycles. The van der Waals surface area contributed by atoms with Gasteiger partial charge in [0.05, 0.1) is 16.4 Å². The molecule has 90 valence electrons. The first-order valence-electron chi connectivity index (χ1n) is 5.00. The molecule has 0 saturated heterocycles. The smallest absolute Gasteiger partial charge is 0.292 e. The maximum Gasteiger partial charge on any atom is 0.292 e. The second kappa shape index (κ2) is 3.67. The Bertz CT molecular complexity index is 852. The fourth-order valence-corrected chi connectivity index (χ4v) is 2.24. The normalized spacial score (nSPS) is 11.2. The molecule has 0 spiro atoms. The van der Waals surface area contributed by atoms with Crippen LogP contribution in [0, 0.1) is 0 Å². The molecule has 2 aliphatic rings. The van der Waals surface area contributed by atoms with Gasteiger partial charge in [-0.3, -0.25) is 9.59 Å². The Morgan fingerprint density at radius 2 is 2.06 bits per heavy atom. The monoisotopic (exact) mass is 307 g/mol. The van der Waals surface area contributed by atoms with E-state index < -0.39 is 5.56 Å². The highest BCUT2D eigenvalue weighted by Gasteiger charge is 2.14. The third-order valence-electron chi connectivity index (χ3n) is 2.69. The van der Waals surface area contributed by atoms with Gasteiger partial charge in [-0.15, -0.1) is 0 Å². The highest BCUT2D eigenvalue weighted by atomic mass is 79.9. The van der Waals surface area contributed by atoms with Gasteiger partial charge in [-0.25, -0.2) is 5.10 Å². The number of rotatable bonds is 0. The molecule has 0 unspecified atom stereocenters. The lowest BCUT2D eigenvalue weighted by atomic mass is 10.1. The number of aromatic amines is 1. The molecule has 0 amide bonds. The second-order valence-corrected chi connectivity index (χ2v) is 4.65. The fourth-order valence-electron chi connectivity index (χ4n) is 1.87. The minimum atomic E-state index is -0.521. The number of pyridine rings is 1. The van der Waals surface area contributed by atoms with Crippen LogP contribution < -0.4 is 11.0 Å². The van der Waals surface area contributed by atoms with Gasteiger partial charge in [0.2, 0.25) is 0 Å². The minimum Gasteiger partial charge on any atom is -0.428 e. The molecule has 0 bridgehead atoms. The number of nitrogens with one attached hydrogen (secondary N) is 1. The van der Waals surface area contributed by atoms with E-state index in [0.29, 0.717) is 20.2 Å². The predicted octanol–water partition coefficient (Wildman–Crippen LogP) is 1.19. The fraction of sp³-hybridized carbons (Fsp3) is 0. The van der Waals surface area contributed by atoms with Gasteiger partial charge in [0.25, 0.3) is 5.56 Å². The Balaban J connectivity index is 2.63. The van der Waals surface area contributed by atoms with Crippen LogP contribution in [0.3, 0.4) is 0 Å². The first-order valence-corrected chi connectivity index (χ1v) is 5.79. The number of hydrogen-bond donors (Lipinski definition) is 2. The van der Waals surface area contributed by atoms with Crippen LogP contribution in [-0.4, -0.2) is 20.1 Å². The van der Waals surface area contributed by atoms with Crippen molar-refractivity contribution in [1.82, 2.24) is 14.9 Å². The lowest BCUT2D eigenvalue weighted by Crippen LogP contribution is -2.16. The Morgan fingerprint density at radius 3 is 2.83 bits per heavy atom. The maximum absolute atomic E-state index is 11.6. The first-order chi connectivity index (χ1) is 8.58. The van der Waals surface area contributed by atoms with Crippen LogP contribution in [-0.2, 0) is 0 Å². The van der Waals surface area contributed by atoms with E-state index in [1.165, 1.54) is 12.3 Å². The largest absolute Gasteiger partial charge is 0.428 e. The Kier molecular flexibility index (Phi) is 2.24. The van der Waals surface area contributed by atoms with E-state index >= 15 is 0 Å². The van der Waals surface area contributed by atoms with Gasteiger partial charge in [0, 0.05) is 17.0 Å². The Hall–Kier alpha value is -2.15. The van der Waals surface area contributed by atoms with Gasteiger partial charge < -0.3 is 5.21 Å². The summed E-state index contributed by atoms with van der Waals surface area (Å²) < 4.78 is 1.10. The molecule has 0 atom stereocenters. The van der Waals surface area contributed by atoms with Gasteiger partial charge in [0.1, 0.15) is 0 Å². The molecule has 0 saturated carbocycles. The van der Waals surface area contributed by atoms with E-state index in [4.69, 9.17) is 0 Å². The average molecular weight is 308 g/mol. The molecule has 6 nitrogen and oxygen atoms in total. The van der Waals surface area contributed by atoms with Crippen LogP contribution in [0.15, 0.2) is 38.5 Å². The zero-order chi connectivity index (χ0) is 12.9. The van der Waals surface area contributed by atoms with Crippen molar-refractivity contribution in [2.24, 2.45) is 0 Å². The molecule has 0 radical (unpaired) electrons. The van der Waals surface area contributed by atoms with Gasteiger partial charge in [-0.05, 0) is 28.1 Å². The lowest BCUT2D eigenvalue weighted by Gasteiger charge is -2.12. The van der Waals surface area contributed by atoms with Crippen LogP contribution in [0.4, 0.5) is 0 Å². The molecule has 1 aromatic heterocycles. The molecule has 7 heteroatoms. The average Bonchev–Trinajstić information content (AvgIpc) is 2.32. The minimum absolute atomic E-state index is 0.0548. The number of aromatic nitrogens is 3. The topological polar surface area (TPSA) is 88.0 Å². The van der Waals surface area contributed by atoms with Gasteiger partial charge in [-0.2, -0.15) is 9.83 Å². The molecule has 0 aromatic carbocycles. The highest BCUT2D eigenvalue weighted by Crippen LogP contribution is 2.26. The molecule has 1 aliphatic carbocycles. The van der Waals surface area contributed by atoms with Crippen molar-refractivity contribution in [3.05, 3.63) is 49.4 Å². The van der Waals surface area contributed by atoms with Crippen LogP contribution in [0.1, 0.15) is 0 Å². The van der Waals surface area contributed by atoms with E-state index in [9.17, 15) is 14.8 Å². The maximum atomic E-state index is 11.6. The van der Waals surface area contributed by atoms with Crippen molar-refractivity contribution < 1.29 is 5.21 Å². The SMILES string of the molecule is O=c1cc2n(O)c3c(=O)[nH]ncc3cc-2cc1Br. The number of benzene rings is 1. The van der Waals surface area contributed by atoms with E-state index in [0.717, 1.165) is 0 Å². The number of hydrogen-bond acceptors (Lipinski definition) is 4. The number of nitrogens with zero attached hydrogens (tertiary/aromatic N) is 2. The van der Waals surface area contributed by atoms with Crippen LogP contribution >= 0.6 is 15.9 Å². The second-order valence-electron chi connectivity index (χ2n) is 3.80. The summed E-state index contributed by atoms with van der Waals surface area (Å²) in [5.41, 5.74) is 0.165. The zero-order valence-electron chi connectivity index (χ0n) is 8.85. The number of H-pyrrole nitrogens is 1. The molecule has 3 rings (SSSR count). The molecule has 0 fully saturated rings. The quantitative estimate of drug-likeness (QED) is 0.482. The zero-order valence-corrected chi connectivity index (χ0v) is 10.4. The summed E-state index contributed by atoms with van der Waals surface area (Å²) >= 11 is 3.13. The van der Waals surface area contributed by atoms with E-state index in [1.807, 2.05) is 0 Å². The van der Waals surface area contributed by atoms with E-state index in [2.05, 4.69) is 26.1 Å². The highest BCUT2D eigenvalue weighted by molar-refractivity contribution is 9.10. The lowest BCUT2D eigenvalue weighted by molar-refractivity contribution is 0.202. The standard InChI is InChI=1S/C11H6BrN3O3/c12-7-2-5-1-6-4-13-14-11(17)10(6)15(18)8(5)3-9(7)16/h1-4,18H,(H,14,17). The molecular weight excluding hydrogens is 302 g/mol. The summed E-state index contributed by atoms with van der Waals surface area (Å²) in [6.45, 7) is 0. The molecular formula is C11H6BrN3O3. The molecule has 2 heterocycles. The first kappa shape index (κ1) is 11.0. The van der Waals surface area contributed by atoms with Crippen molar-refractivity contribution in [3.63, 3.8) is 0 Å². The van der Waals surface area contributed by atoms with Crippen molar-refractivity contribution in [2.45, 2.75) is 0 Å². The third-order valence-corrected chi connectivity index (χ3v) is 3.31. The van der Waals surface area contributed by atoms with Crippen LogP contribution in [0.5, 0.6) is 0 Å². The molecule has 1 aromatic rings. The van der Waals surface area contributed by atoms with Gasteiger partial charge in [0.15, 0.2) is 10.9 Å². The van der Waals surface area contributed by atoms with E-state index in [-0.39, 0.29) is 16.6 Å². The van der Waals surface area contributed by atoms with Crippen molar-refractivity contribution in [2.75, 3.05) is 0 Å². The summed E-state index contributed by atoms with van der Waals surface area (Å²) in [7, 11) is 0. The van der Waals surface area contributed by atoms with Crippen LogP contribution in [0.2, 0.25) is 0 Å². The van der Waals surface area contributed by atoms with Crippen molar-refractivity contribution in [3.8, 4) is 11.3 Å². The van der Waals surface area contributed by atoms with Crippen molar-refractivity contribution in [1.29, 1.82) is 0 Å². The number of halogens is 1. The summed E-state index contributed by atoms with van der Waals surface area (Å²) in [4.78, 5) is 23.1. The van der Waals surface area contributed by atoms with Crippen molar-refractivity contribution >= 4 is 26.8 Å². The van der Waals surface area contributed by atoms with Gasteiger partial charge >= 0.3 is 0 Å². The number of fused-ring (bicyclic) bond motifs is 2.